The molecular formula is C15H20ClF3N2O2. The van der Waals surface area contributed by atoms with Crippen LogP contribution in [0.2, 0.25) is 0 Å². The minimum atomic E-state index is -4.73. The van der Waals surface area contributed by atoms with Gasteiger partial charge in [0.05, 0.1) is 0 Å². The van der Waals surface area contributed by atoms with Crippen LogP contribution in [-0.4, -0.2) is 31.9 Å². The van der Waals surface area contributed by atoms with Crippen LogP contribution in [0.5, 0.6) is 5.75 Å². The molecule has 2 rings (SSSR count). The first-order valence-corrected chi connectivity index (χ1v) is 7.12. The summed E-state index contributed by atoms with van der Waals surface area (Å²) in [6.07, 6.45) is -2.77. The van der Waals surface area contributed by atoms with Crippen LogP contribution in [0.15, 0.2) is 24.3 Å². The van der Waals surface area contributed by atoms with E-state index in [0.29, 0.717) is 12.1 Å². The second kappa shape index (κ2) is 7.88. The second-order valence-corrected chi connectivity index (χ2v) is 5.82. The molecule has 0 spiro atoms. The molecule has 1 amide bonds. The number of nitrogens with one attached hydrogen (secondary N) is 2. The molecule has 2 N–H and O–H groups in total. The first kappa shape index (κ1) is 19.6. The van der Waals surface area contributed by atoms with E-state index in [1.54, 1.807) is 0 Å². The molecule has 1 fully saturated rings. The number of carbonyl (C=O) groups is 1. The molecule has 0 aliphatic carbocycles. The van der Waals surface area contributed by atoms with Gasteiger partial charge in [-0.25, -0.2) is 0 Å². The quantitative estimate of drug-likeness (QED) is 0.875. The molecule has 1 aromatic rings. The van der Waals surface area contributed by atoms with Gasteiger partial charge >= 0.3 is 6.36 Å². The van der Waals surface area contributed by atoms with E-state index in [1.165, 1.54) is 12.1 Å². The van der Waals surface area contributed by atoms with E-state index in [2.05, 4.69) is 22.3 Å². The Morgan fingerprint density at radius 3 is 2.35 bits per heavy atom. The molecule has 1 saturated heterocycles. The van der Waals surface area contributed by atoms with Gasteiger partial charge in [0.25, 0.3) is 5.91 Å². The van der Waals surface area contributed by atoms with Crippen LogP contribution in [0.1, 0.15) is 30.1 Å². The van der Waals surface area contributed by atoms with E-state index >= 15 is 0 Å². The summed E-state index contributed by atoms with van der Waals surface area (Å²) >= 11 is 0. The van der Waals surface area contributed by atoms with Crippen molar-refractivity contribution in [3.8, 4) is 5.75 Å². The number of piperidine rings is 1. The molecule has 130 valence electrons. The lowest BCUT2D eigenvalue weighted by Gasteiger charge is -2.34. The molecule has 1 heterocycles. The van der Waals surface area contributed by atoms with E-state index in [4.69, 9.17) is 0 Å². The first-order chi connectivity index (χ1) is 10.3. The van der Waals surface area contributed by atoms with Crippen LogP contribution in [0, 0.1) is 5.41 Å². The van der Waals surface area contributed by atoms with Crippen molar-refractivity contribution in [3.63, 3.8) is 0 Å². The van der Waals surface area contributed by atoms with Gasteiger partial charge in [0.2, 0.25) is 0 Å². The third-order valence-electron chi connectivity index (χ3n) is 3.84. The van der Waals surface area contributed by atoms with Crippen molar-refractivity contribution in [1.29, 1.82) is 0 Å². The summed E-state index contributed by atoms with van der Waals surface area (Å²) in [6.45, 7) is 4.52. The zero-order chi connectivity index (χ0) is 16.2. The van der Waals surface area contributed by atoms with Crippen molar-refractivity contribution < 1.29 is 22.7 Å². The Hall–Kier alpha value is -1.47. The van der Waals surface area contributed by atoms with Gasteiger partial charge in [-0.2, -0.15) is 0 Å². The van der Waals surface area contributed by atoms with Gasteiger partial charge in [0, 0.05) is 12.1 Å². The predicted octanol–water partition coefficient (Wildman–Crippen LogP) is 3.13. The van der Waals surface area contributed by atoms with Gasteiger partial charge in [-0.1, -0.05) is 6.92 Å². The number of alkyl halides is 3. The van der Waals surface area contributed by atoms with Crippen LogP contribution in [0.4, 0.5) is 13.2 Å². The summed E-state index contributed by atoms with van der Waals surface area (Å²) in [6, 6.07) is 4.91. The molecule has 1 aromatic carbocycles. The highest BCUT2D eigenvalue weighted by molar-refractivity contribution is 5.94. The third-order valence-corrected chi connectivity index (χ3v) is 3.84. The van der Waals surface area contributed by atoms with E-state index in [9.17, 15) is 18.0 Å². The number of carbonyl (C=O) groups excluding carboxylic acids is 1. The number of amides is 1. The Morgan fingerprint density at radius 2 is 1.83 bits per heavy atom. The zero-order valence-electron chi connectivity index (χ0n) is 12.7. The Kier molecular flexibility index (Phi) is 6.70. The minimum Gasteiger partial charge on any atom is -0.406 e. The summed E-state index contributed by atoms with van der Waals surface area (Å²) in [5, 5.41) is 6.11. The van der Waals surface area contributed by atoms with Gasteiger partial charge < -0.3 is 15.4 Å². The molecule has 0 bridgehead atoms. The van der Waals surface area contributed by atoms with Crippen LogP contribution < -0.4 is 15.4 Å². The minimum absolute atomic E-state index is 0. The summed E-state index contributed by atoms with van der Waals surface area (Å²) in [5.41, 5.74) is 0.368. The van der Waals surface area contributed by atoms with Crippen LogP contribution >= 0.6 is 12.4 Å². The second-order valence-electron chi connectivity index (χ2n) is 5.82. The number of hydrogen-bond acceptors (Lipinski definition) is 3. The van der Waals surface area contributed by atoms with Crippen molar-refractivity contribution in [2.24, 2.45) is 5.41 Å². The maximum atomic E-state index is 12.1. The molecule has 0 saturated carbocycles. The van der Waals surface area contributed by atoms with Gasteiger partial charge in [-0.05, 0) is 55.6 Å². The number of halogens is 4. The van der Waals surface area contributed by atoms with Gasteiger partial charge in [0.1, 0.15) is 5.75 Å². The van der Waals surface area contributed by atoms with Gasteiger partial charge in [-0.15, -0.1) is 25.6 Å². The fraction of sp³-hybridized carbons (Fsp3) is 0.533. The summed E-state index contributed by atoms with van der Waals surface area (Å²) < 4.78 is 40.0. The zero-order valence-corrected chi connectivity index (χ0v) is 13.5. The normalized spacial score (nSPS) is 17.0. The summed E-state index contributed by atoms with van der Waals surface area (Å²) in [5.74, 6) is -0.632. The molecule has 0 atom stereocenters. The Labute approximate surface area is 139 Å². The highest BCUT2D eigenvalue weighted by Gasteiger charge is 2.31. The largest absolute Gasteiger partial charge is 0.573 e. The lowest BCUT2D eigenvalue weighted by molar-refractivity contribution is -0.274. The number of benzene rings is 1. The smallest absolute Gasteiger partial charge is 0.406 e. The molecule has 8 heteroatoms. The fourth-order valence-electron chi connectivity index (χ4n) is 2.41. The van der Waals surface area contributed by atoms with E-state index in [0.717, 1.165) is 38.1 Å². The highest BCUT2D eigenvalue weighted by atomic mass is 35.5. The van der Waals surface area contributed by atoms with E-state index in [-0.39, 0.29) is 29.5 Å². The number of hydrogen-bond donors (Lipinski definition) is 2. The summed E-state index contributed by atoms with van der Waals surface area (Å²) in [7, 11) is 0. The Morgan fingerprint density at radius 1 is 1.26 bits per heavy atom. The molecule has 4 nitrogen and oxygen atoms in total. The van der Waals surface area contributed by atoms with Gasteiger partial charge in [0.15, 0.2) is 0 Å². The summed E-state index contributed by atoms with van der Waals surface area (Å²) in [4.78, 5) is 12.0. The van der Waals surface area contributed by atoms with Crippen molar-refractivity contribution >= 4 is 18.3 Å². The average Bonchev–Trinajstić information content (AvgIpc) is 2.45. The maximum absolute atomic E-state index is 12.1. The van der Waals surface area contributed by atoms with Crippen LogP contribution in [-0.2, 0) is 0 Å². The lowest BCUT2D eigenvalue weighted by atomic mass is 9.81. The lowest BCUT2D eigenvalue weighted by Crippen LogP contribution is -2.42. The monoisotopic (exact) mass is 352 g/mol. The first-order valence-electron chi connectivity index (χ1n) is 7.12. The third kappa shape index (κ3) is 6.27. The Bertz CT molecular complexity index is 514. The fourth-order valence-corrected chi connectivity index (χ4v) is 2.41. The highest BCUT2D eigenvalue weighted by Crippen LogP contribution is 2.27. The van der Waals surface area contributed by atoms with Gasteiger partial charge in [-0.3, -0.25) is 4.79 Å². The van der Waals surface area contributed by atoms with E-state index < -0.39 is 6.36 Å². The molecular weight excluding hydrogens is 333 g/mol. The molecule has 23 heavy (non-hydrogen) atoms. The standard InChI is InChI=1S/C15H19F3N2O2.ClH/c1-14(6-8-19-9-7-14)10-20-13(21)11-2-4-12(5-3-11)22-15(16,17)18;/h2-5,19H,6-10H2,1H3,(H,20,21);1H. The van der Waals surface area contributed by atoms with Crippen LogP contribution in [0.25, 0.3) is 0 Å². The number of rotatable bonds is 4. The predicted molar refractivity (Wildman–Crippen MR) is 82.9 cm³/mol. The topological polar surface area (TPSA) is 50.4 Å². The number of ether oxygens (including phenoxy) is 1. The SMILES string of the molecule is CC1(CNC(=O)c2ccc(OC(F)(F)F)cc2)CCNCC1.Cl. The van der Waals surface area contributed by atoms with Crippen molar-refractivity contribution in [1.82, 2.24) is 10.6 Å². The molecule has 0 unspecified atom stereocenters. The van der Waals surface area contributed by atoms with Crippen LogP contribution in [0.3, 0.4) is 0 Å². The van der Waals surface area contributed by atoms with Crippen molar-refractivity contribution in [2.75, 3.05) is 19.6 Å². The van der Waals surface area contributed by atoms with Crippen molar-refractivity contribution in [3.05, 3.63) is 29.8 Å². The average molecular weight is 353 g/mol. The maximum Gasteiger partial charge on any atom is 0.573 e. The molecule has 0 radical (unpaired) electrons. The molecule has 1 aliphatic heterocycles. The molecule has 0 aromatic heterocycles. The molecule has 1 aliphatic rings. The van der Waals surface area contributed by atoms with E-state index in [1.807, 2.05) is 0 Å². The van der Waals surface area contributed by atoms with Crippen molar-refractivity contribution in [2.45, 2.75) is 26.1 Å². The Balaban J connectivity index is 0.00000264.